The first-order chi connectivity index (χ1) is 5.13. The average Bonchev–Trinajstić information content (AvgIpc) is 1.85. The van der Waals surface area contributed by atoms with Gasteiger partial charge in [0.1, 0.15) is 0 Å². The number of carboxylic acid groups (broad SMARTS) is 1. The zero-order valence-corrected chi connectivity index (χ0v) is 7.21. The fraction of sp³-hybridized carbons (Fsp3) is 0.667. The Morgan fingerprint density at radius 3 is 2.55 bits per heavy atom. The van der Waals surface area contributed by atoms with Crippen LogP contribution in [0.5, 0.6) is 0 Å². The fourth-order valence-corrected chi connectivity index (χ4v) is 0.693. The van der Waals surface area contributed by atoms with E-state index in [0.29, 0.717) is 12.3 Å². The molecule has 0 radical (unpaired) electrons. The van der Waals surface area contributed by atoms with Crippen molar-refractivity contribution >= 4 is 5.97 Å². The maximum atomic E-state index is 10.1. The van der Waals surface area contributed by atoms with Crippen LogP contribution in [0.2, 0.25) is 0 Å². The summed E-state index contributed by atoms with van der Waals surface area (Å²) >= 11 is 0. The molecule has 0 aromatic rings. The van der Waals surface area contributed by atoms with Gasteiger partial charge in [-0.1, -0.05) is 26.0 Å². The van der Waals surface area contributed by atoms with Gasteiger partial charge in [-0.3, -0.25) is 4.79 Å². The Balaban J connectivity index is 3.23. The third kappa shape index (κ3) is 9.21. The molecule has 64 valence electrons. The molecule has 0 unspecified atom stereocenters. The highest BCUT2D eigenvalue weighted by atomic mass is 16.4. The first-order valence-electron chi connectivity index (χ1n) is 3.99. The summed E-state index contributed by atoms with van der Waals surface area (Å²) in [6.07, 6.45) is 5.93. The van der Waals surface area contributed by atoms with Gasteiger partial charge in [-0.15, -0.1) is 0 Å². The van der Waals surface area contributed by atoms with E-state index in [1.807, 2.05) is 12.2 Å². The molecule has 0 aliphatic carbocycles. The lowest BCUT2D eigenvalue weighted by atomic mass is 10.1. The monoisotopic (exact) mass is 156 g/mol. The van der Waals surface area contributed by atoms with E-state index in [2.05, 4.69) is 13.8 Å². The van der Waals surface area contributed by atoms with E-state index in [9.17, 15) is 4.79 Å². The summed E-state index contributed by atoms with van der Waals surface area (Å²) in [6, 6.07) is 0. The van der Waals surface area contributed by atoms with Crippen molar-refractivity contribution in [2.75, 3.05) is 0 Å². The van der Waals surface area contributed by atoms with Crippen molar-refractivity contribution in [3.05, 3.63) is 12.2 Å². The van der Waals surface area contributed by atoms with Crippen molar-refractivity contribution in [1.82, 2.24) is 0 Å². The zero-order valence-electron chi connectivity index (χ0n) is 7.21. The summed E-state index contributed by atoms with van der Waals surface area (Å²) in [6.45, 7) is 4.28. The van der Waals surface area contributed by atoms with Crippen LogP contribution in [-0.2, 0) is 4.79 Å². The predicted octanol–water partition coefficient (Wildman–Crippen LogP) is 2.45. The maximum absolute atomic E-state index is 10.1. The molecule has 2 heteroatoms. The van der Waals surface area contributed by atoms with Crippen molar-refractivity contribution in [1.29, 1.82) is 0 Å². The Labute approximate surface area is 67.9 Å². The molecule has 1 N–H and O–H groups in total. The molecular weight excluding hydrogens is 140 g/mol. The van der Waals surface area contributed by atoms with E-state index in [-0.39, 0.29) is 6.42 Å². The molecule has 0 aliphatic heterocycles. The third-order valence-electron chi connectivity index (χ3n) is 1.30. The minimum atomic E-state index is -0.723. The summed E-state index contributed by atoms with van der Waals surface area (Å²) in [5, 5.41) is 8.29. The van der Waals surface area contributed by atoms with Crippen LogP contribution < -0.4 is 0 Å². The summed E-state index contributed by atoms with van der Waals surface area (Å²) in [4.78, 5) is 10.1. The SMILES string of the molecule is CC(C)CC=CCCC(=O)O. The summed E-state index contributed by atoms with van der Waals surface area (Å²) in [5.74, 6) is -0.0599. The summed E-state index contributed by atoms with van der Waals surface area (Å²) < 4.78 is 0. The van der Waals surface area contributed by atoms with Gasteiger partial charge in [-0.05, 0) is 18.8 Å². The lowest BCUT2D eigenvalue weighted by Gasteiger charge is -1.95. The number of carbonyl (C=O) groups is 1. The minimum Gasteiger partial charge on any atom is -0.481 e. The smallest absolute Gasteiger partial charge is 0.303 e. The second kappa shape index (κ2) is 5.96. The molecule has 2 nitrogen and oxygen atoms in total. The predicted molar refractivity (Wildman–Crippen MR) is 45.5 cm³/mol. The van der Waals surface area contributed by atoms with E-state index < -0.39 is 5.97 Å². The second-order valence-electron chi connectivity index (χ2n) is 3.03. The lowest BCUT2D eigenvalue weighted by Crippen LogP contribution is -1.91. The van der Waals surface area contributed by atoms with E-state index in [4.69, 9.17) is 5.11 Å². The van der Waals surface area contributed by atoms with Gasteiger partial charge in [0.15, 0.2) is 0 Å². The second-order valence-corrected chi connectivity index (χ2v) is 3.03. The fourth-order valence-electron chi connectivity index (χ4n) is 0.693. The van der Waals surface area contributed by atoms with Crippen LogP contribution >= 0.6 is 0 Å². The highest BCUT2D eigenvalue weighted by Gasteiger charge is 1.92. The van der Waals surface area contributed by atoms with Crippen molar-refractivity contribution in [2.24, 2.45) is 5.92 Å². The number of allylic oxidation sites excluding steroid dienone is 2. The molecule has 0 saturated heterocycles. The molecule has 0 amide bonds. The molecule has 0 saturated carbocycles. The topological polar surface area (TPSA) is 37.3 Å². The summed E-state index contributed by atoms with van der Waals surface area (Å²) in [7, 11) is 0. The number of hydrogen-bond donors (Lipinski definition) is 1. The van der Waals surface area contributed by atoms with Crippen LogP contribution in [0.15, 0.2) is 12.2 Å². The molecule has 0 spiro atoms. The third-order valence-corrected chi connectivity index (χ3v) is 1.30. The molecule has 0 atom stereocenters. The van der Waals surface area contributed by atoms with E-state index in [1.165, 1.54) is 0 Å². The Morgan fingerprint density at radius 1 is 1.45 bits per heavy atom. The van der Waals surface area contributed by atoms with E-state index in [0.717, 1.165) is 6.42 Å². The molecule has 0 heterocycles. The van der Waals surface area contributed by atoms with Crippen LogP contribution in [-0.4, -0.2) is 11.1 Å². The molecule has 0 aromatic heterocycles. The van der Waals surface area contributed by atoms with Crippen molar-refractivity contribution in [3.63, 3.8) is 0 Å². The summed E-state index contributed by atoms with van der Waals surface area (Å²) in [5.41, 5.74) is 0. The molecular formula is C9H16O2. The van der Waals surface area contributed by atoms with Crippen LogP contribution in [0, 0.1) is 5.92 Å². The minimum absolute atomic E-state index is 0.245. The highest BCUT2D eigenvalue weighted by Crippen LogP contribution is 2.01. The standard InChI is InChI=1S/C9H16O2/c1-8(2)6-4-3-5-7-9(10)11/h3-4,8H,5-7H2,1-2H3,(H,10,11). The quantitative estimate of drug-likeness (QED) is 0.621. The van der Waals surface area contributed by atoms with Gasteiger partial charge in [-0.2, -0.15) is 0 Å². The molecule has 0 fully saturated rings. The van der Waals surface area contributed by atoms with E-state index in [1.54, 1.807) is 0 Å². The Kier molecular flexibility index (Phi) is 5.53. The largest absolute Gasteiger partial charge is 0.481 e. The van der Waals surface area contributed by atoms with Gasteiger partial charge in [0.25, 0.3) is 0 Å². The van der Waals surface area contributed by atoms with Crippen molar-refractivity contribution in [2.45, 2.75) is 33.1 Å². The molecule has 0 aromatic carbocycles. The Bertz CT molecular complexity index is 136. The molecule has 0 aliphatic rings. The Morgan fingerprint density at radius 2 is 2.09 bits per heavy atom. The van der Waals surface area contributed by atoms with Gasteiger partial charge in [0.2, 0.25) is 0 Å². The van der Waals surface area contributed by atoms with Crippen LogP contribution in [0.1, 0.15) is 33.1 Å². The van der Waals surface area contributed by atoms with Gasteiger partial charge < -0.3 is 5.11 Å². The number of rotatable bonds is 5. The maximum Gasteiger partial charge on any atom is 0.303 e. The first kappa shape index (κ1) is 10.2. The number of carboxylic acids is 1. The van der Waals surface area contributed by atoms with Gasteiger partial charge in [0, 0.05) is 6.42 Å². The molecule has 11 heavy (non-hydrogen) atoms. The van der Waals surface area contributed by atoms with Gasteiger partial charge >= 0.3 is 5.97 Å². The molecule has 0 rings (SSSR count). The van der Waals surface area contributed by atoms with Gasteiger partial charge in [0.05, 0.1) is 0 Å². The lowest BCUT2D eigenvalue weighted by molar-refractivity contribution is -0.136. The Hall–Kier alpha value is -0.790. The number of hydrogen-bond acceptors (Lipinski definition) is 1. The van der Waals surface area contributed by atoms with Crippen LogP contribution in [0.4, 0.5) is 0 Å². The first-order valence-corrected chi connectivity index (χ1v) is 3.99. The average molecular weight is 156 g/mol. The number of aliphatic carboxylic acids is 1. The van der Waals surface area contributed by atoms with Crippen LogP contribution in [0.25, 0.3) is 0 Å². The van der Waals surface area contributed by atoms with Gasteiger partial charge in [-0.25, -0.2) is 0 Å². The van der Waals surface area contributed by atoms with Crippen molar-refractivity contribution < 1.29 is 9.90 Å². The van der Waals surface area contributed by atoms with Crippen LogP contribution in [0.3, 0.4) is 0 Å². The van der Waals surface area contributed by atoms with Crippen molar-refractivity contribution in [3.8, 4) is 0 Å². The molecule has 0 bridgehead atoms. The normalized spacial score (nSPS) is 11.2. The highest BCUT2D eigenvalue weighted by molar-refractivity contribution is 5.66. The van der Waals surface area contributed by atoms with E-state index >= 15 is 0 Å². The zero-order chi connectivity index (χ0) is 8.69.